The van der Waals surface area contributed by atoms with Gasteiger partial charge in [-0.15, -0.1) is 0 Å². The second-order valence-electron chi connectivity index (χ2n) is 9.36. The smallest absolute Gasteiger partial charge is 0.410 e. The molecule has 2 rings (SSSR count). The number of hydrogen-bond donors (Lipinski definition) is 1. The second-order valence-corrected chi connectivity index (χ2v) is 9.36. The van der Waals surface area contributed by atoms with Crippen LogP contribution in [-0.4, -0.2) is 41.4 Å². The van der Waals surface area contributed by atoms with E-state index in [1.165, 1.54) is 0 Å². The summed E-state index contributed by atoms with van der Waals surface area (Å²) in [7, 11) is 0. The zero-order valence-corrected chi connectivity index (χ0v) is 17.7. The maximum absolute atomic E-state index is 12.5. The minimum Gasteiger partial charge on any atom is -0.444 e. The molecule has 1 aliphatic heterocycles. The fraction of sp³-hybridized carbons (Fsp3) is 0.619. The van der Waals surface area contributed by atoms with Crippen molar-refractivity contribution in [1.29, 1.82) is 0 Å². The Hall–Kier alpha value is -2.24. The molecule has 27 heavy (non-hydrogen) atoms. The highest BCUT2D eigenvalue weighted by atomic mass is 16.6. The SMILES string of the molecule is Cc1ccc(C2(NC(=O)OC(C)(C)C)CN(C(=O)OC(C)(C)C)C2)c(C)c1. The zero-order chi connectivity index (χ0) is 20.6. The number of ether oxygens (including phenoxy) is 2. The highest BCUT2D eigenvalue weighted by Crippen LogP contribution is 2.35. The van der Waals surface area contributed by atoms with Crippen LogP contribution in [0.4, 0.5) is 9.59 Å². The predicted octanol–water partition coefficient (Wildman–Crippen LogP) is 4.27. The zero-order valence-electron chi connectivity index (χ0n) is 17.7. The van der Waals surface area contributed by atoms with Gasteiger partial charge in [-0.3, -0.25) is 0 Å². The summed E-state index contributed by atoms with van der Waals surface area (Å²) in [6.45, 7) is 15.7. The Kier molecular flexibility index (Phi) is 5.51. The molecule has 0 spiro atoms. The van der Waals surface area contributed by atoms with Gasteiger partial charge in [-0.05, 0) is 66.5 Å². The summed E-state index contributed by atoms with van der Waals surface area (Å²) in [5.74, 6) is 0. The van der Waals surface area contributed by atoms with Crippen LogP contribution in [-0.2, 0) is 15.0 Å². The Morgan fingerprint density at radius 2 is 1.56 bits per heavy atom. The molecule has 1 saturated heterocycles. The summed E-state index contributed by atoms with van der Waals surface area (Å²) in [5, 5.41) is 3.00. The third-order valence-electron chi connectivity index (χ3n) is 4.21. The summed E-state index contributed by atoms with van der Waals surface area (Å²) in [6, 6.07) is 6.09. The summed E-state index contributed by atoms with van der Waals surface area (Å²) >= 11 is 0. The first kappa shape index (κ1) is 21.1. The highest BCUT2D eigenvalue weighted by molar-refractivity contribution is 5.73. The van der Waals surface area contributed by atoms with E-state index in [1.54, 1.807) is 4.90 Å². The van der Waals surface area contributed by atoms with Crippen molar-refractivity contribution in [2.75, 3.05) is 13.1 Å². The molecule has 0 unspecified atom stereocenters. The number of aryl methyl sites for hydroxylation is 2. The minimum atomic E-state index is -0.684. The normalized spacial score (nSPS) is 16.4. The molecule has 1 aromatic rings. The van der Waals surface area contributed by atoms with Crippen molar-refractivity contribution < 1.29 is 19.1 Å². The van der Waals surface area contributed by atoms with E-state index in [1.807, 2.05) is 67.5 Å². The summed E-state index contributed by atoms with van der Waals surface area (Å²) in [5.41, 5.74) is 1.35. The monoisotopic (exact) mass is 376 g/mol. The number of nitrogens with zero attached hydrogens (tertiary/aromatic N) is 1. The van der Waals surface area contributed by atoms with E-state index in [9.17, 15) is 9.59 Å². The van der Waals surface area contributed by atoms with E-state index >= 15 is 0 Å². The molecule has 0 radical (unpaired) electrons. The van der Waals surface area contributed by atoms with Crippen molar-refractivity contribution in [3.8, 4) is 0 Å². The lowest BCUT2D eigenvalue weighted by atomic mass is 9.80. The van der Waals surface area contributed by atoms with Crippen LogP contribution in [0.5, 0.6) is 0 Å². The number of alkyl carbamates (subject to hydrolysis) is 1. The maximum atomic E-state index is 12.5. The Bertz CT molecular complexity index is 723. The number of carbonyl (C=O) groups is 2. The van der Waals surface area contributed by atoms with Crippen molar-refractivity contribution >= 4 is 12.2 Å². The van der Waals surface area contributed by atoms with Gasteiger partial charge in [-0.25, -0.2) is 9.59 Å². The average Bonchev–Trinajstić information content (AvgIpc) is 2.38. The summed E-state index contributed by atoms with van der Waals surface area (Å²) in [4.78, 5) is 26.4. The standard InChI is InChI=1S/C21H32N2O4/c1-14-9-10-16(15(2)11-14)21(22-17(24)26-19(3,4)5)12-23(13-21)18(25)27-20(6,7)8/h9-11H,12-13H2,1-8H3,(H,22,24). The van der Waals surface area contributed by atoms with Crippen LogP contribution in [0.2, 0.25) is 0 Å². The second kappa shape index (κ2) is 7.06. The number of rotatable bonds is 2. The van der Waals surface area contributed by atoms with E-state index in [-0.39, 0.29) is 6.09 Å². The Balaban J connectivity index is 2.24. The molecule has 2 amide bonds. The van der Waals surface area contributed by atoms with Crippen molar-refractivity contribution in [2.45, 2.75) is 72.1 Å². The van der Waals surface area contributed by atoms with Gasteiger partial charge in [0.1, 0.15) is 16.7 Å². The number of nitrogens with one attached hydrogen (secondary N) is 1. The van der Waals surface area contributed by atoms with E-state index in [0.29, 0.717) is 13.1 Å². The van der Waals surface area contributed by atoms with Crippen LogP contribution in [0.1, 0.15) is 58.2 Å². The molecule has 0 atom stereocenters. The Labute approximate surface area is 162 Å². The number of amides is 2. The first-order chi connectivity index (χ1) is 12.2. The third kappa shape index (κ3) is 5.37. The van der Waals surface area contributed by atoms with Crippen LogP contribution in [0.3, 0.4) is 0 Å². The van der Waals surface area contributed by atoms with Crippen molar-refractivity contribution in [1.82, 2.24) is 10.2 Å². The van der Waals surface area contributed by atoms with Crippen LogP contribution in [0.25, 0.3) is 0 Å². The van der Waals surface area contributed by atoms with Gasteiger partial charge in [-0.2, -0.15) is 0 Å². The summed E-state index contributed by atoms with van der Waals surface area (Å²) in [6.07, 6.45) is -0.875. The van der Waals surface area contributed by atoms with Gasteiger partial charge in [0.05, 0.1) is 13.1 Å². The lowest BCUT2D eigenvalue weighted by Gasteiger charge is -2.50. The molecule has 0 aromatic heterocycles. The molecule has 0 bridgehead atoms. The molecule has 6 heteroatoms. The number of carbonyl (C=O) groups excluding carboxylic acids is 2. The van der Waals surface area contributed by atoms with Crippen LogP contribution < -0.4 is 5.32 Å². The van der Waals surface area contributed by atoms with Crippen molar-refractivity contribution in [3.05, 3.63) is 34.9 Å². The van der Waals surface area contributed by atoms with Gasteiger partial charge >= 0.3 is 12.2 Å². The molecular weight excluding hydrogens is 344 g/mol. The lowest BCUT2D eigenvalue weighted by Crippen LogP contribution is -2.69. The first-order valence-corrected chi connectivity index (χ1v) is 9.28. The van der Waals surface area contributed by atoms with E-state index in [2.05, 4.69) is 11.4 Å². The largest absolute Gasteiger partial charge is 0.444 e. The molecular formula is C21H32N2O4. The van der Waals surface area contributed by atoms with Crippen LogP contribution in [0.15, 0.2) is 18.2 Å². The minimum absolute atomic E-state index is 0.338. The topological polar surface area (TPSA) is 67.9 Å². The van der Waals surface area contributed by atoms with Gasteiger partial charge in [0.25, 0.3) is 0 Å². The van der Waals surface area contributed by atoms with Gasteiger partial charge < -0.3 is 19.7 Å². The molecule has 1 fully saturated rings. The summed E-state index contributed by atoms with van der Waals surface area (Å²) < 4.78 is 10.9. The van der Waals surface area contributed by atoms with Gasteiger partial charge in [-0.1, -0.05) is 23.8 Å². The molecule has 1 aliphatic rings. The van der Waals surface area contributed by atoms with Crippen molar-refractivity contribution in [3.63, 3.8) is 0 Å². The molecule has 1 N–H and O–H groups in total. The fourth-order valence-electron chi connectivity index (χ4n) is 3.23. The molecule has 1 heterocycles. The lowest BCUT2D eigenvalue weighted by molar-refractivity contribution is -0.0231. The Morgan fingerprint density at radius 3 is 2.04 bits per heavy atom. The highest BCUT2D eigenvalue weighted by Gasteiger charge is 2.50. The number of likely N-dealkylation sites (tertiary alicyclic amines) is 1. The molecule has 1 aromatic carbocycles. The maximum Gasteiger partial charge on any atom is 0.410 e. The average molecular weight is 376 g/mol. The first-order valence-electron chi connectivity index (χ1n) is 9.28. The Morgan fingerprint density at radius 1 is 1.00 bits per heavy atom. The van der Waals surface area contributed by atoms with E-state index in [4.69, 9.17) is 9.47 Å². The van der Waals surface area contributed by atoms with Crippen LogP contribution in [0, 0.1) is 13.8 Å². The third-order valence-corrected chi connectivity index (χ3v) is 4.21. The van der Waals surface area contributed by atoms with Gasteiger partial charge in [0.15, 0.2) is 0 Å². The molecule has 0 aliphatic carbocycles. The number of hydrogen-bond acceptors (Lipinski definition) is 4. The molecule has 150 valence electrons. The molecule has 6 nitrogen and oxygen atoms in total. The quantitative estimate of drug-likeness (QED) is 0.837. The van der Waals surface area contributed by atoms with E-state index < -0.39 is 22.8 Å². The van der Waals surface area contributed by atoms with Crippen LogP contribution >= 0.6 is 0 Å². The molecule has 0 saturated carbocycles. The fourth-order valence-corrected chi connectivity index (χ4v) is 3.23. The van der Waals surface area contributed by atoms with Crippen molar-refractivity contribution in [2.24, 2.45) is 0 Å². The van der Waals surface area contributed by atoms with Gasteiger partial charge in [0.2, 0.25) is 0 Å². The number of benzene rings is 1. The van der Waals surface area contributed by atoms with Gasteiger partial charge in [0, 0.05) is 0 Å². The predicted molar refractivity (Wildman–Crippen MR) is 105 cm³/mol. The van der Waals surface area contributed by atoms with E-state index in [0.717, 1.165) is 16.7 Å².